The first-order chi connectivity index (χ1) is 12.7. The van der Waals surface area contributed by atoms with Gasteiger partial charge in [-0.1, -0.05) is 29.5 Å². The van der Waals surface area contributed by atoms with Crippen LogP contribution >= 0.6 is 11.3 Å². The van der Waals surface area contributed by atoms with Crippen LogP contribution in [0.25, 0.3) is 10.6 Å². The van der Waals surface area contributed by atoms with Gasteiger partial charge in [-0.2, -0.15) is 0 Å². The lowest BCUT2D eigenvalue weighted by atomic mass is 10.1. The molecular formula is C19H20N4O2S. The summed E-state index contributed by atoms with van der Waals surface area (Å²) in [5.74, 6) is 0.824. The summed E-state index contributed by atoms with van der Waals surface area (Å²) in [7, 11) is 1.64. The molecule has 3 aromatic rings. The summed E-state index contributed by atoms with van der Waals surface area (Å²) >= 11 is 1.39. The van der Waals surface area contributed by atoms with Gasteiger partial charge >= 0.3 is 0 Å². The summed E-state index contributed by atoms with van der Waals surface area (Å²) < 4.78 is 5.35. The van der Waals surface area contributed by atoms with Crippen molar-refractivity contribution in [3.8, 4) is 16.3 Å². The summed E-state index contributed by atoms with van der Waals surface area (Å²) in [6.45, 7) is 2.48. The largest absolute Gasteiger partial charge is 0.496 e. The molecule has 0 saturated heterocycles. The summed E-state index contributed by atoms with van der Waals surface area (Å²) in [6, 6.07) is 11.5. The number of hydrogen-bond donors (Lipinski definition) is 0. The molecule has 0 spiro atoms. The van der Waals surface area contributed by atoms with E-state index in [2.05, 4.69) is 15.2 Å². The van der Waals surface area contributed by atoms with Gasteiger partial charge in [-0.05, 0) is 37.1 Å². The maximum atomic E-state index is 12.7. The summed E-state index contributed by atoms with van der Waals surface area (Å²) in [4.78, 5) is 18.5. The zero-order valence-corrected chi connectivity index (χ0v) is 15.6. The summed E-state index contributed by atoms with van der Waals surface area (Å²) in [5, 5.41) is 9.75. The molecule has 0 saturated carbocycles. The minimum absolute atomic E-state index is 0.0206. The zero-order chi connectivity index (χ0) is 18.4. The van der Waals surface area contributed by atoms with Crippen molar-refractivity contribution in [1.29, 1.82) is 0 Å². The van der Waals surface area contributed by atoms with Gasteiger partial charge in [-0.3, -0.25) is 14.7 Å². The molecule has 6 nitrogen and oxygen atoms in total. The maximum Gasteiger partial charge on any atom is 0.229 e. The lowest BCUT2D eigenvalue weighted by molar-refractivity contribution is -0.118. The van der Waals surface area contributed by atoms with Crippen molar-refractivity contribution >= 4 is 22.4 Å². The highest BCUT2D eigenvalue weighted by Crippen LogP contribution is 2.28. The molecule has 0 aliphatic carbocycles. The SMILES string of the molecule is CCN(C(=O)CCc1ccccc1OC)c1nnc(-c2cccnc2)s1. The van der Waals surface area contributed by atoms with E-state index in [9.17, 15) is 4.79 Å². The molecular weight excluding hydrogens is 348 g/mol. The van der Waals surface area contributed by atoms with Gasteiger partial charge in [0.05, 0.1) is 7.11 Å². The Morgan fingerprint density at radius 3 is 2.77 bits per heavy atom. The second-order valence-electron chi connectivity index (χ2n) is 5.58. The number of ether oxygens (including phenoxy) is 1. The first-order valence-electron chi connectivity index (χ1n) is 8.39. The zero-order valence-electron chi connectivity index (χ0n) is 14.8. The number of aryl methyl sites for hydroxylation is 1. The predicted molar refractivity (Wildman–Crippen MR) is 102 cm³/mol. The van der Waals surface area contributed by atoms with Crippen molar-refractivity contribution in [3.63, 3.8) is 0 Å². The Morgan fingerprint density at radius 1 is 1.19 bits per heavy atom. The molecule has 0 atom stereocenters. The number of carbonyl (C=O) groups excluding carboxylic acids is 1. The third-order valence-electron chi connectivity index (χ3n) is 3.97. The van der Waals surface area contributed by atoms with Gasteiger partial charge in [0.25, 0.3) is 0 Å². The highest BCUT2D eigenvalue weighted by molar-refractivity contribution is 7.18. The Kier molecular flexibility index (Phi) is 5.91. The van der Waals surface area contributed by atoms with E-state index in [4.69, 9.17) is 4.74 Å². The number of para-hydroxylation sites is 1. The number of pyridine rings is 1. The fourth-order valence-electron chi connectivity index (χ4n) is 2.63. The number of benzene rings is 1. The lowest BCUT2D eigenvalue weighted by Gasteiger charge is -2.17. The van der Waals surface area contributed by atoms with Crippen molar-refractivity contribution in [1.82, 2.24) is 15.2 Å². The molecule has 2 aromatic heterocycles. The summed E-state index contributed by atoms with van der Waals surface area (Å²) in [6.07, 6.45) is 4.46. The van der Waals surface area contributed by atoms with Gasteiger partial charge in [0.15, 0.2) is 5.01 Å². The Morgan fingerprint density at radius 2 is 2.04 bits per heavy atom. The van der Waals surface area contributed by atoms with Crippen molar-refractivity contribution < 1.29 is 9.53 Å². The van der Waals surface area contributed by atoms with E-state index >= 15 is 0 Å². The first-order valence-corrected chi connectivity index (χ1v) is 9.20. The number of amides is 1. The van der Waals surface area contributed by atoms with Gasteiger partial charge in [-0.15, -0.1) is 10.2 Å². The molecule has 26 heavy (non-hydrogen) atoms. The fourth-order valence-corrected chi connectivity index (χ4v) is 3.55. The number of methoxy groups -OCH3 is 1. The number of anilines is 1. The number of carbonyl (C=O) groups is 1. The molecule has 0 radical (unpaired) electrons. The molecule has 0 bridgehead atoms. The van der Waals surface area contributed by atoms with Crippen LogP contribution < -0.4 is 9.64 Å². The molecule has 0 aliphatic heterocycles. The van der Waals surface area contributed by atoms with Crippen LogP contribution in [-0.2, 0) is 11.2 Å². The van der Waals surface area contributed by atoms with E-state index in [1.54, 1.807) is 24.4 Å². The molecule has 7 heteroatoms. The molecule has 3 rings (SSSR count). The predicted octanol–water partition coefficient (Wildman–Crippen LogP) is 3.59. The van der Waals surface area contributed by atoms with Crippen LogP contribution in [-0.4, -0.2) is 34.7 Å². The van der Waals surface area contributed by atoms with Crippen LogP contribution in [0.4, 0.5) is 5.13 Å². The second kappa shape index (κ2) is 8.53. The van der Waals surface area contributed by atoms with Crippen LogP contribution in [0.1, 0.15) is 18.9 Å². The number of rotatable bonds is 7. The number of aromatic nitrogens is 3. The molecule has 1 amide bonds. The van der Waals surface area contributed by atoms with Crippen molar-refractivity contribution in [2.75, 3.05) is 18.6 Å². The molecule has 2 heterocycles. The Hall–Kier alpha value is -2.80. The van der Waals surface area contributed by atoms with E-state index < -0.39 is 0 Å². The molecule has 0 unspecified atom stereocenters. The van der Waals surface area contributed by atoms with E-state index in [1.165, 1.54) is 11.3 Å². The highest BCUT2D eigenvalue weighted by atomic mass is 32.1. The van der Waals surface area contributed by atoms with Gasteiger partial charge in [0.2, 0.25) is 11.0 Å². The van der Waals surface area contributed by atoms with Crippen molar-refractivity contribution in [3.05, 3.63) is 54.4 Å². The minimum atomic E-state index is 0.0206. The van der Waals surface area contributed by atoms with Crippen LogP contribution in [0.15, 0.2) is 48.8 Å². The lowest BCUT2D eigenvalue weighted by Crippen LogP contribution is -2.30. The maximum absolute atomic E-state index is 12.7. The number of nitrogens with zero attached hydrogens (tertiary/aromatic N) is 4. The van der Waals surface area contributed by atoms with Crippen molar-refractivity contribution in [2.45, 2.75) is 19.8 Å². The Labute approximate surface area is 156 Å². The van der Waals surface area contributed by atoms with Gasteiger partial charge in [-0.25, -0.2) is 0 Å². The first kappa shape index (κ1) is 18.0. The minimum Gasteiger partial charge on any atom is -0.496 e. The van der Waals surface area contributed by atoms with Crippen LogP contribution in [0.3, 0.4) is 0 Å². The van der Waals surface area contributed by atoms with Crippen molar-refractivity contribution in [2.24, 2.45) is 0 Å². The monoisotopic (exact) mass is 368 g/mol. The van der Waals surface area contributed by atoms with E-state index in [-0.39, 0.29) is 5.91 Å². The van der Waals surface area contributed by atoms with Crippen LogP contribution in [0, 0.1) is 0 Å². The summed E-state index contributed by atoms with van der Waals surface area (Å²) in [5.41, 5.74) is 1.92. The third-order valence-corrected chi connectivity index (χ3v) is 4.97. The average molecular weight is 368 g/mol. The molecule has 0 fully saturated rings. The topological polar surface area (TPSA) is 68.2 Å². The number of hydrogen-bond acceptors (Lipinski definition) is 6. The fraction of sp³-hybridized carbons (Fsp3) is 0.263. The Bertz CT molecular complexity index is 867. The van der Waals surface area contributed by atoms with Crippen LogP contribution in [0.5, 0.6) is 5.75 Å². The molecule has 0 N–H and O–H groups in total. The molecule has 134 valence electrons. The van der Waals surface area contributed by atoms with E-state index in [0.717, 1.165) is 21.9 Å². The average Bonchev–Trinajstić information content (AvgIpc) is 3.17. The van der Waals surface area contributed by atoms with Gasteiger partial charge in [0, 0.05) is 30.9 Å². The third kappa shape index (κ3) is 4.05. The highest BCUT2D eigenvalue weighted by Gasteiger charge is 2.19. The molecule has 0 aliphatic rings. The van der Waals surface area contributed by atoms with Gasteiger partial charge in [0.1, 0.15) is 5.75 Å². The smallest absolute Gasteiger partial charge is 0.229 e. The quantitative estimate of drug-likeness (QED) is 0.637. The van der Waals surface area contributed by atoms with Crippen LogP contribution in [0.2, 0.25) is 0 Å². The molecule has 1 aromatic carbocycles. The van der Waals surface area contributed by atoms with Gasteiger partial charge < -0.3 is 4.74 Å². The van der Waals surface area contributed by atoms with E-state index in [0.29, 0.717) is 24.5 Å². The Balaban J connectivity index is 1.70. The second-order valence-corrected chi connectivity index (χ2v) is 6.54. The van der Waals surface area contributed by atoms with E-state index in [1.807, 2.05) is 43.3 Å². The standard InChI is InChI=1S/C19H20N4O2S/c1-3-23(17(24)11-10-14-7-4-5-9-16(14)25-2)19-22-21-18(26-19)15-8-6-12-20-13-15/h4-9,12-13H,3,10-11H2,1-2H3. The normalized spacial score (nSPS) is 10.5.